The highest BCUT2D eigenvalue weighted by Crippen LogP contribution is 2.36. The van der Waals surface area contributed by atoms with E-state index in [1.165, 1.54) is 0 Å². The molecule has 0 bridgehead atoms. The molecule has 1 amide bonds. The lowest BCUT2D eigenvalue weighted by Gasteiger charge is -2.07. The van der Waals surface area contributed by atoms with E-state index in [0.29, 0.717) is 11.6 Å². The summed E-state index contributed by atoms with van der Waals surface area (Å²) >= 11 is 6.11. The molecule has 1 aromatic heterocycles. The predicted molar refractivity (Wildman–Crippen MR) is 81.0 cm³/mol. The summed E-state index contributed by atoms with van der Waals surface area (Å²) in [4.78, 5) is 12.1. The number of carbonyl (C=O) groups is 1. The summed E-state index contributed by atoms with van der Waals surface area (Å²) in [5.74, 6) is -0.0197. The fourth-order valence-corrected chi connectivity index (χ4v) is 2.95. The van der Waals surface area contributed by atoms with Gasteiger partial charge in [0.15, 0.2) is 0 Å². The summed E-state index contributed by atoms with van der Waals surface area (Å²) < 4.78 is 2.03. The SMILES string of the molecule is O=C1Cn2c(cc3ccccc32)-c2cc(Cl)ccc2N1. The van der Waals surface area contributed by atoms with E-state index in [1.807, 2.05) is 34.9 Å². The third-order valence-corrected chi connectivity index (χ3v) is 3.88. The van der Waals surface area contributed by atoms with Crippen molar-refractivity contribution >= 4 is 34.1 Å². The van der Waals surface area contributed by atoms with E-state index < -0.39 is 0 Å². The van der Waals surface area contributed by atoms with Crippen LogP contribution >= 0.6 is 11.6 Å². The van der Waals surface area contributed by atoms with Crippen LogP contribution in [0.15, 0.2) is 48.5 Å². The monoisotopic (exact) mass is 282 g/mol. The van der Waals surface area contributed by atoms with Gasteiger partial charge in [0.2, 0.25) is 5.91 Å². The maximum absolute atomic E-state index is 12.1. The molecule has 2 aromatic carbocycles. The van der Waals surface area contributed by atoms with E-state index in [-0.39, 0.29) is 5.91 Å². The van der Waals surface area contributed by atoms with Crippen LogP contribution in [-0.2, 0) is 11.3 Å². The highest BCUT2D eigenvalue weighted by atomic mass is 35.5. The molecule has 0 spiro atoms. The van der Waals surface area contributed by atoms with Gasteiger partial charge in [-0.15, -0.1) is 0 Å². The number of carbonyl (C=O) groups excluding carboxylic acids is 1. The summed E-state index contributed by atoms with van der Waals surface area (Å²) in [6, 6.07) is 15.7. The van der Waals surface area contributed by atoms with Crippen LogP contribution in [0.25, 0.3) is 22.2 Å². The molecule has 98 valence electrons. The molecule has 4 heteroatoms. The quantitative estimate of drug-likeness (QED) is 0.666. The first-order valence-electron chi connectivity index (χ1n) is 6.40. The number of benzene rings is 2. The minimum absolute atomic E-state index is 0.0197. The van der Waals surface area contributed by atoms with E-state index >= 15 is 0 Å². The van der Waals surface area contributed by atoms with Gasteiger partial charge in [-0.2, -0.15) is 0 Å². The van der Waals surface area contributed by atoms with Crippen LogP contribution in [-0.4, -0.2) is 10.5 Å². The van der Waals surface area contributed by atoms with Gasteiger partial charge in [-0.05, 0) is 30.3 Å². The van der Waals surface area contributed by atoms with E-state index in [2.05, 4.69) is 17.4 Å². The Morgan fingerprint density at radius 1 is 1.10 bits per heavy atom. The third kappa shape index (κ3) is 1.63. The number of hydrogen-bond acceptors (Lipinski definition) is 1. The topological polar surface area (TPSA) is 34.0 Å². The van der Waals surface area contributed by atoms with Gasteiger partial charge in [-0.1, -0.05) is 29.8 Å². The smallest absolute Gasteiger partial charge is 0.244 e. The molecule has 3 nitrogen and oxygen atoms in total. The zero-order valence-electron chi connectivity index (χ0n) is 10.6. The average molecular weight is 283 g/mol. The molecule has 0 unspecified atom stereocenters. The Hall–Kier alpha value is -2.26. The van der Waals surface area contributed by atoms with Crippen molar-refractivity contribution in [1.29, 1.82) is 0 Å². The third-order valence-electron chi connectivity index (χ3n) is 3.64. The summed E-state index contributed by atoms with van der Waals surface area (Å²) in [7, 11) is 0. The predicted octanol–water partition coefficient (Wildman–Crippen LogP) is 3.91. The van der Waals surface area contributed by atoms with Crippen molar-refractivity contribution in [3.63, 3.8) is 0 Å². The maximum atomic E-state index is 12.1. The molecule has 0 atom stereocenters. The van der Waals surface area contributed by atoms with Crippen molar-refractivity contribution in [3.05, 3.63) is 53.6 Å². The van der Waals surface area contributed by atoms with Gasteiger partial charge in [0, 0.05) is 21.5 Å². The number of para-hydroxylation sites is 1. The lowest BCUT2D eigenvalue weighted by Crippen LogP contribution is -2.16. The Kier molecular flexibility index (Phi) is 2.38. The molecular formula is C16H11ClN2O. The number of amides is 1. The minimum Gasteiger partial charge on any atom is -0.331 e. The number of rotatable bonds is 0. The molecule has 1 aliphatic rings. The first-order valence-corrected chi connectivity index (χ1v) is 6.78. The van der Waals surface area contributed by atoms with Crippen molar-refractivity contribution < 1.29 is 4.79 Å². The molecule has 0 saturated heterocycles. The molecule has 2 heterocycles. The second-order valence-electron chi connectivity index (χ2n) is 4.91. The second kappa shape index (κ2) is 4.12. The number of fused-ring (bicyclic) bond motifs is 5. The van der Waals surface area contributed by atoms with Crippen molar-refractivity contribution in [3.8, 4) is 11.3 Å². The van der Waals surface area contributed by atoms with Gasteiger partial charge in [0.1, 0.15) is 6.54 Å². The highest BCUT2D eigenvalue weighted by Gasteiger charge is 2.20. The highest BCUT2D eigenvalue weighted by molar-refractivity contribution is 6.31. The van der Waals surface area contributed by atoms with Gasteiger partial charge in [0.25, 0.3) is 0 Å². The molecule has 0 fully saturated rings. The standard InChI is InChI=1S/C16H11ClN2O/c17-11-5-6-13-12(8-11)15-7-10-3-1-2-4-14(10)19(15)9-16(20)18-13/h1-8H,9H2,(H,18,20). The molecule has 3 aromatic rings. The first kappa shape index (κ1) is 11.6. The summed E-state index contributed by atoms with van der Waals surface area (Å²) in [6.45, 7) is 0.315. The Bertz CT molecular complexity index is 851. The van der Waals surface area contributed by atoms with Crippen molar-refractivity contribution in [1.82, 2.24) is 4.57 Å². The van der Waals surface area contributed by atoms with Gasteiger partial charge in [-0.3, -0.25) is 4.79 Å². The van der Waals surface area contributed by atoms with Gasteiger partial charge < -0.3 is 9.88 Å². The van der Waals surface area contributed by atoms with Crippen molar-refractivity contribution in [2.24, 2.45) is 0 Å². The van der Waals surface area contributed by atoms with Crippen LogP contribution in [0.2, 0.25) is 5.02 Å². The van der Waals surface area contributed by atoms with Crippen LogP contribution < -0.4 is 5.32 Å². The lowest BCUT2D eigenvalue weighted by molar-refractivity contribution is -0.116. The molecular weight excluding hydrogens is 272 g/mol. The fourth-order valence-electron chi connectivity index (χ4n) is 2.77. The number of nitrogens with one attached hydrogen (secondary N) is 1. The van der Waals surface area contributed by atoms with Gasteiger partial charge in [0.05, 0.1) is 11.4 Å². The van der Waals surface area contributed by atoms with Crippen molar-refractivity contribution in [2.75, 3.05) is 5.32 Å². The van der Waals surface area contributed by atoms with Crippen LogP contribution in [0, 0.1) is 0 Å². The number of nitrogens with zero attached hydrogens (tertiary/aromatic N) is 1. The Labute approximate surface area is 120 Å². The molecule has 0 saturated carbocycles. The van der Waals surface area contributed by atoms with E-state index in [1.54, 1.807) is 6.07 Å². The van der Waals surface area contributed by atoms with Crippen LogP contribution in [0.1, 0.15) is 0 Å². The van der Waals surface area contributed by atoms with E-state index in [0.717, 1.165) is 27.8 Å². The second-order valence-corrected chi connectivity index (χ2v) is 5.35. The maximum Gasteiger partial charge on any atom is 0.244 e. The van der Waals surface area contributed by atoms with Crippen LogP contribution in [0.5, 0.6) is 0 Å². The fraction of sp³-hybridized carbons (Fsp3) is 0.0625. The van der Waals surface area contributed by atoms with Crippen molar-refractivity contribution in [2.45, 2.75) is 6.54 Å². The summed E-state index contributed by atoms with van der Waals surface area (Å²) in [5.41, 5.74) is 3.84. The molecule has 4 rings (SSSR count). The number of hydrogen-bond donors (Lipinski definition) is 1. The number of aromatic nitrogens is 1. The first-order chi connectivity index (χ1) is 9.72. The molecule has 1 aliphatic heterocycles. The average Bonchev–Trinajstić information content (AvgIpc) is 2.73. The normalized spacial score (nSPS) is 13.6. The van der Waals surface area contributed by atoms with Crippen LogP contribution in [0.4, 0.5) is 5.69 Å². The number of anilines is 1. The zero-order valence-corrected chi connectivity index (χ0v) is 11.3. The molecule has 1 N–H and O–H groups in total. The summed E-state index contributed by atoms with van der Waals surface area (Å²) in [6.07, 6.45) is 0. The largest absolute Gasteiger partial charge is 0.331 e. The van der Waals surface area contributed by atoms with E-state index in [9.17, 15) is 4.79 Å². The Morgan fingerprint density at radius 2 is 1.95 bits per heavy atom. The summed E-state index contributed by atoms with van der Waals surface area (Å²) in [5, 5.41) is 4.72. The van der Waals surface area contributed by atoms with Gasteiger partial charge >= 0.3 is 0 Å². The zero-order chi connectivity index (χ0) is 13.7. The molecule has 0 aliphatic carbocycles. The molecule has 0 radical (unpaired) electrons. The van der Waals surface area contributed by atoms with Crippen LogP contribution in [0.3, 0.4) is 0 Å². The van der Waals surface area contributed by atoms with Gasteiger partial charge in [-0.25, -0.2) is 0 Å². The number of halogens is 1. The lowest BCUT2D eigenvalue weighted by atomic mass is 10.1. The molecule has 20 heavy (non-hydrogen) atoms. The minimum atomic E-state index is -0.0197. The van der Waals surface area contributed by atoms with E-state index in [4.69, 9.17) is 11.6 Å². The Morgan fingerprint density at radius 3 is 2.85 bits per heavy atom. The Balaban J connectivity index is 2.11.